The third-order valence-corrected chi connectivity index (χ3v) is 5.33. The highest BCUT2D eigenvalue weighted by molar-refractivity contribution is 6.06. The van der Waals surface area contributed by atoms with Gasteiger partial charge in [-0.25, -0.2) is 14.3 Å². The maximum Gasteiger partial charge on any atom is 0.357 e. The zero-order valence-corrected chi connectivity index (χ0v) is 19.2. The number of carbonyl (C=O) groups is 2. The van der Waals surface area contributed by atoms with Gasteiger partial charge in [0.05, 0.1) is 31.2 Å². The van der Waals surface area contributed by atoms with Crippen LogP contribution in [-0.2, 0) is 16.1 Å². The van der Waals surface area contributed by atoms with E-state index in [1.165, 1.54) is 18.9 Å². The van der Waals surface area contributed by atoms with Crippen molar-refractivity contribution in [3.05, 3.63) is 82.9 Å². The molecule has 4 aromatic rings. The summed E-state index contributed by atoms with van der Waals surface area (Å²) < 4.78 is 22.5. The number of hydrogen-bond donors (Lipinski definition) is 0. The van der Waals surface area contributed by atoms with Gasteiger partial charge < -0.3 is 18.7 Å². The molecule has 0 saturated heterocycles. The lowest BCUT2D eigenvalue weighted by Gasteiger charge is -2.08. The molecule has 34 heavy (non-hydrogen) atoms. The van der Waals surface area contributed by atoms with Crippen molar-refractivity contribution in [3.63, 3.8) is 0 Å². The van der Waals surface area contributed by atoms with Crippen LogP contribution in [0.25, 0.3) is 16.9 Å². The third-order valence-electron chi connectivity index (χ3n) is 5.33. The number of aromatic nitrogens is 3. The van der Waals surface area contributed by atoms with Crippen LogP contribution in [0.3, 0.4) is 0 Å². The molecule has 0 aliphatic heterocycles. The molecule has 0 aliphatic carbocycles. The summed E-state index contributed by atoms with van der Waals surface area (Å²) in [4.78, 5) is 25.5. The molecule has 0 saturated carbocycles. The summed E-state index contributed by atoms with van der Waals surface area (Å²) in [5, 5.41) is 8.54. The van der Waals surface area contributed by atoms with Crippen LogP contribution in [0.4, 0.5) is 0 Å². The zero-order chi connectivity index (χ0) is 24.2. The molecule has 174 valence electrons. The van der Waals surface area contributed by atoms with Crippen LogP contribution in [0.1, 0.15) is 37.9 Å². The van der Waals surface area contributed by atoms with E-state index in [0.29, 0.717) is 22.8 Å². The third kappa shape index (κ3) is 4.27. The van der Waals surface area contributed by atoms with Crippen molar-refractivity contribution < 1.29 is 28.3 Å². The van der Waals surface area contributed by atoms with Crippen molar-refractivity contribution in [1.29, 1.82) is 0 Å². The number of nitrogens with zero attached hydrogens (tertiary/aromatic N) is 3. The van der Waals surface area contributed by atoms with Crippen LogP contribution < -0.4 is 4.74 Å². The Kier molecular flexibility index (Phi) is 6.44. The lowest BCUT2D eigenvalue weighted by molar-refractivity contribution is 0.0549. The molecule has 0 fully saturated rings. The molecule has 2 aromatic carbocycles. The Morgan fingerprint density at radius 1 is 0.971 bits per heavy atom. The van der Waals surface area contributed by atoms with E-state index in [1.807, 2.05) is 19.9 Å². The second-order valence-electron chi connectivity index (χ2n) is 7.42. The van der Waals surface area contributed by atoms with E-state index in [4.69, 9.17) is 18.7 Å². The van der Waals surface area contributed by atoms with E-state index >= 15 is 0 Å². The lowest BCUT2D eigenvalue weighted by Crippen LogP contribution is -2.15. The molecule has 2 heterocycles. The number of esters is 2. The number of aryl methyl sites for hydroxylation is 2. The van der Waals surface area contributed by atoms with Crippen molar-refractivity contribution in [2.45, 2.75) is 20.5 Å². The predicted octanol–water partition coefficient (Wildman–Crippen LogP) is 4.30. The van der Waals surface area contributed by atoms with Crippen LogP contribution in [-0.4, -0.2) is 41.1 Å². The Balaban J connectivity index is 1.81. The van der Waals surface area contributed by atoms with E-state index in [0.717, 1.165) is 11.3 Å². The first kappa shape index (κ1) is 22.8. The number of para-hydroxylation sites is 1. The monoisotopic (exact) mass is 461 g/mol. The second-order valence-corrected chi connectivity index (χ2v) is 7.42. The minimum absolute atomic E-state index is 0.000997. The summed E-state index contributed by atoms with van der Waals surface area (Å²) in [7, 11) is 2.49. The van der Waals surface area contributed by atoms with Gasteiger partial charge in [-0.3, -0.25) is 0 Å². The first-order valence-corrected chi connectivity index (χ1v) is 10.4. The molecule has 9 nitrogen and oxygen atoms in total. The van der Waals surface area contributed by atoms with Gasteiger partial charge in [0.2, 0.25) is 0 Å². The van der Waals surface area contributed by atoms with Gasteiger partial charge in [0, 0.05) is 5.56 Å². The summed E-state index contributed by atoms with van der Waals surface area (Å²) in [6, 6.07) is 16.1. The Morgan fingerprint density at radius 2 is 1.71 bits per heavy atom. The maximum atomic E-state index is 12.8. The molecule has 4 rings (SSSR count). The standard InChI is InChI=1S/C25H23N3O6/c1-15-20(16(2)34-27-15)14-33-19-12-8-9-17(13-19)22-21(24(29)31-3)23(25(30)32-4)28(26-22)18-10-6-5-7-11-18/h5-13H,14H2,1-4H3. The van der Waals surface area contributed by atoms with Gasteiger partial charge in [-0.2, -0.15) is 5.10 Å². The molecule has 0 amide bonds. The van der Waals surface area contributed by atoms with Gasteiger partial charge in [0.15, 0.2) is 5.69 Å². The smallest absolute Gasteiger partial charge is 0.357 e. The van der Waals surface area contributed by atoms with E-state index in [9.17, 15) is 9.59 Å². The van der Waals surface area contributed by atoms with Crippen LogP contribution in [0.2, 0.25) is 0 Å². The average molecular weight is 461 g/mol. The highest BCUT2D eigenvalue weighted by atomic mass is 16.5. The minimum atomic E-state index is -0.714. The Hall–Kier alpha value is -4.40. The molecule has 2 aromatic heterocycles. The van der Waals surface area contributed by atoms with Crippen molar-refractivity contribution >= 4 is 11.9 Å². The van der Waals surface area contributed by atoms with Gasteiger partial charge in [-0.15, -0.1) is 0 Å². The number of hydrogen-bond acceptors (Lipinski definition) is 8. The summed E-state index contributed by atoms with van der Waals surface area (Å²) in [6.07, 6.45) is 0. The molecule has 9 heteroatoms. The van der Waals surface area contributed by atoms with Gasteiger partial charge >= 0.3 is 11.9 Å². The summed E-state index contributed by atoms with van der Waals surface area (Å²) in [5.41, 5.74) is 3.01. The quantitative estimate of drug-likeness (QED) is 0.375. The Bertz CT molecular complexity index is 1320. The fourth-order valence-electron chi connectivity index (χ4n) is 3.55. The van der Waals surface area contributed by atoms with E-state index < -0.39 is 11.9 Å². The largest absolute Gasteiger partial charge is 0.489 e. The van der Waals surface area contributed by atoms with Crippen molar-refractivity contribution in [3.8, 4) is 22.7 Å². The molecule has 0 unspecified atom stereocenters. The Morgan fingerprint density at radius 3 is 2.35 bits per heavy atom. The number of benzene rings is 2. The van der Waals surface area contributed by atoms with Gasteiger partial charge in [-0.05, 0) is 38.1 Å². The van der Waals surface area contributed by atoms with Gasteiger partial charge in [0.25, 0.3) is 0 Å². The minimum Gasteiger partial charge on any atom is -0.489 e. The molecule has 0 spiro atoms. The topological polar surface area (TPSA) is 106 Å². The molecule has 0 aliphatic rings. The predicted molar refractivity (Wildman–Crippen MR) is 122 cm³/mol. The van der Waals surface area contributed by atoms with Crippen LogP contribution in [0.5, 0.6) is 5.75 Å². The van der Waals surface area contributed by atoms with E-state index in [-0.39, 0.29) is 23.6 Å². The van der Waals surface area contributed by atoms with E-state index in [2.05, 4.69) is 10.3 Å². The molecule has 0 N–H and O–H groups in total. The SMILES string of the molecule is COC(=O)c1c(-c2cccc(OCc3c(C)noc3C)c2)nn(-c2ccccc2)c1C(=O)OC. The summed E-state index contributed by atoms with van der Waals surface area (Å²) in [6.45, 7) is 3.93. The highest BCUT2D eigenvalue weighted by Gasteiger charge is 2.31. The van der Waals surface area contributed by atoms with Crippen molar-refractivity contribution in [2.75, 3.05) is 14.2 Å². The number of ether oxygens (including phenoxy) is 3. The van der Waals surface area contributed by atoms with Crippen LogP contribution >= 0.6 is 0 Å². The lowest BCUT2D eigenvalue weighted by atomic mass is 10.1. The van der Waals surface area contributed by atoms with Gasteiger partial charge in [-0.1, -0.05) is 35.5 Å². The van der Waals surface area contributed by atoms with Crippen molar-refractivity contribution in [1.82, 2.24) is 14.9 Å². The fourth-order valence-corrected chi connectivity index (χ4v) is 3.55. The van der Waals surface area contributed by atoms with E-state index in [1.54, 1.807) is 48.5 Å². The van der Waals surface area contributed by atoms with Crippen LogP contribution in [0.15, 0.2) is 59.1 Å². The number of methoxy groups -OCH3 is 2. The number of carbonyl (C=O) groups excluding carboxylic acids is 2. The molecule has 0 radical (unpaired) electrons. The second kappa shape index (κ2) is 9.62. The first-order valence-electron chi connectivity index (χ1n) is 10.4. The number of rotatable bonds is 7. The van der Waals surface area contributed by atoms with Crippen LogP contribution in [0, 0.1) is 13.8 Å². The highest BCUT2D eigenvalue weighted by Crippen LogP contribution is 2.31. The summed E-state index contributed by atoms with van der Waals surface area (Å²) >= 11 is 0. The molecular formula is C25H23N3O6. The Labute approximate surface area is 195 Å². The fraction of sp³-hybridized carbons (Fsp3) is 0.200. The van der Waals surface area contributed by atoms with Gasteiger partial charge in [0.1, 0.15) is 29.4 Å². The zero-order valence-electron chi connectivity index (χ0n) is 19.2. The molecular weight excluding hydrogens is 438 g/mol. The molecule has 0 bridgehead atoms. The normalized spacial score (nSPS) is 10.7. The maximum absolute atomic E-state index is 12.8. The first-order chi connectivity index (χ1) is 16.4. The van der Waals surface area contributed by atoms with Crippen molar-refractivity contribution in [2.24, 2.45) is 0 Å². The summed E-state index contributed by atoms with van der Waals surface area (Å²) in [5.74, 6) is -0.193. The molecule has 0 atom stereocenters. The average Bonchev–Trinajstić information content (AvgIpc) is 3.42.